The van der Waals surface area contributed by atoms with Crippen molar-refractivity contribution in [1.82, 2.24) is 9.97 Å². The highest BCUT2D eigenvalue weighted by atomic mass is 32.1. The third-order valence-electron chi connectivity index (χ3n) is 5.98. The lowest BCUT2D eigenvalue weighted by atomic mass is 9.81. The summed E-state index contributed by atoms with van der Waals surface area (Å²) in [7, 11) is 0. The number of carbonyl (C=O) groups excluding carboxylic acids is 1. The van der Waals surface area contributed by atoms with Crippen molar-refractivity contribution in [1.29, 1.82) is 0 Å². The van der Waals surface area contributed by atoms with Crippen LogP contribution in [-0.2, 0) is 6.42 Å². The molecule has 1 aliphatic carbocycles. The topological polar surface area (TPSA) is 81.3 Å². The fraction of sp³-hybridized carbons (Fsp3) is 0.160. The van der Waals surface area contributed by atoms with Crippen molar-refractivity contribution in [3.63, 3.8) is 0 Å². The van der Waals surface area contributed by atoms with Gasteiger partial charge >= 0.3 is 0 Å². The number of nitrogens with one attached hydrogen (secondary N) is 1. The van der Waals surface area contributed by atoms with Crippen LogP contribution in [0.25, 0.3) is 21.8 Å². The smallest absolute Gasteiger partial charge is 0.258 e. The van der Waals surface area contributed by atoms with Crippen molar-refractivity contribution in [3.05, 3.63) is 87.2 Å². The van der Waals surface area contributed by atoms with Crippen LogP contribution in [0.5, 0.6) is 11.5 Å². The maximum atomic E-state index is 12.9. The van der Waals surface area contributed by atoms with Crippen molar-refractivity contribution in [2.45, 2.75) is 18.8 Å². The van der Waals surface area contributed by atoms with Gasteiger partial charge in [-0.25, -0.2) is 4.98 Å². The minimum atomic E-state index is -0.225. The molecule has 1 aliphatic heterocycles. The highest BCUT2D eigenvalue weighted by Gasteiger charge is 2.28. The molecule has 6 nitrogen and oxygen atoms in total. The van der Waals surface area contributed by atoms with Crippen LogP contribution in [0, 0.1) is 0 Å². The van der Waals surface area contributed by atoms with E-state index in [-0.39, 0.29) is 24.1 Å². The third kappa shape index (κ3) is 3.22. The Morgan fingerprint density at radius 1 is 0.938 bits per heavy atom. The fourth-order valence-corrected chi connectivity index (χ4v) is 5.18. The zero-order valence-corrected chi connectivity index (χ0v) is 17.8. The van der Waals surface area contributed by atoms with Gasteiger partial charge in [-0.15, -0.1) is 11.3 Å². The Labute approximate surface area is 187 Å². The molecule has 32 heavy (non-hydrogen) atoms. The summed E-state index contributed by atoms with van der Waals surface area (Å²) in [5, 5.41) is 2.48. The number of hydrogen-bond acceptors (Lipinski definition) is 6. The highest BCUT2D eigenvalue weighted by molar-refractivity contribution is 7.13. The monoisotopic (exact) mass is 442 g/mol. The molecule has 0 saturated carbocycles. The highest BCUT2D eigenvalue weighted by Crippen LogP contribution is 2.37. The van der Waals surface area contributed by atoms with Crippen molar-refractivity contribution in [2.24, 2.45) is 0 Å². The molecule has 0 radical (unpaired) electrons. The summed E-state index contributed by atoms with van der Waals surface area (Å²) in [5.74, 6) is 1.52. The molecule has 0 saturated heterocycles. The molecule has 0 bridgehead atoms. The number of aromatic amines is 1. The van der Waals surface area contributed by atoms with Gasteiger partial charge in [0, 0.05) is 28.6 Å². The molecule has 7 heteroatoms. The first-order valence-electron chi connectivity index (χ1n) is 10.4. The molecule has 2 aromatic heterocycles. The van der Waals surface area contributed by atoms with E-state index >= 15 is 0 Å². The van der Waals surface area contributed by atoms with Gasteiger partial charge in [0.2, 0.25) is 6.79 Å². The number of H-pyrrole nitrogens is 1. The first-order valence-corrected chi connectivity index (χ1v) is 11.2. The predicted octanol–water partition coefficient (Wildman–Crippen LogP) is 4.81. The van der Waals surface area contributed by atoms with Crippen LogP contribution in [0.15, 0.2) is 64.8 Å². The number of benzene rings is 2. The van der Waals surface area contributed by atoms with Gasteiger partial charge in [0.1, 0.15) is 5.01 Å². The van der Waals surface area contributed by atoms with E-state index in [1.54, 1.807) is 6.07 Å². The molecule has 1 atom stereocenters. The third-order valence-corrected chi connectivity index (χ3v) is 6.86. The number of fused-ring (bicyclic) bond motifs is 2. The van der Waals surface area contributed by atoms with E-state index in [1.165, 1.54) is 11.3 Å². The van der Waals surface area contributed by atoms with Crippen molar-refractivity contribution in [3.8, 4) is 33.3 Å². The molecule has 0 spiro atoms. The predicted molar refractivity (Wildman–Crippen MR) is 122 cm³/mol. The minimum absolute atomic E-state index is 0.0464. The normalized spacial score (nSPS) is 16.8. The molecule has 158 valence electrons. The van der Waals surface area contributed by atoms with Gasteiger partial charge in [-0.2, -0.15) is 0 Å². The second-order valence-electron chi connectivity index (χ2n) is 7.95. The number of carbonyl (C=O) groups is 1. The molecule has 0 amide bonds. The van der Waals surface area contributed by atoms with Gasteiger partial charge in [-0.05, 0) is 42.2 Å². The largest absolute Gasteiger partial charge is 0.454 e. The number of nitrogens with zero attached hydrogens (tertiary/aromatic N) is 1. The van der Waals surface area contributed by atoms with Crippen molar-refractivity contribution in [2.75, 3.05) is 6.79 Å². The first kappa shape index (κ1) is 19.0. The molecule has 0 unspecified atom stereocenters. The van der Waals surface area contributed by atoms with Gasteiger partial charge in [-0.1, -0.05) is 30.3 Å². The Kier molecular flexibility index (Phi) is 4.43. The van der Waals surface area contributed by atoms with Gasteiger partial charge in [0.15, 0.2) is 17.3 Å². The molecule has 4 aromatic rings. The zero-order valence-electron chi connectivity index (χ0n) is 17.0. The van der Waals surface area contributed by atoms with E-state index in [1.807, 2.05) is 53.9 Å². The molecule has 1 N–H and O–H groups in total. The van der Waals surface area contributed by atoms with Crippen LogP contribution in [0.2, 0.25) is 0 Å². The van der Waals surface area contributed by atoms with Crippen LogP contribution in [0.1, 0.15) is 34.0 Å². The number of rotatable bonds is 3. The molecular weight excluding hydrogens is 424 g/mol. The fourth-order valence-electron chi connectivity index (χ4n) is 4.34. The summed E-state index contributed by atoms with van der Waals surface area (Å²) in [6, 6.07) is 17.3. The molecule has 2 aliphatic rings. The number of ketones is 1. The average molecular weight is 442 g/mol. The molecule has 2 aromatic carbocycles. The van der Waals surface area contributed by atoms with E-state index in [0.717, 1.165) is 16.8 Å². The Morgan fingerprint density at radius 2 is 1.78 bits per heavy atom. The standard InChI is InChI=1S/C25H18N2O4S/c28-21-9-16(14-4-2-1-3-5-14)8-19-17(21)11-18(24(29)26-19)25-27-20(12-32-25)15-6-7-22-23(10-15)31-13-30-22/h1-7,10-12,16H,8-9,13H2,(H,26,29)/t16-/m0/s1. The van der Waals surface area contributed by atoms with Crippen molar-refractivity contribution >= 4 is 17.1 Å². The summed E-state index contributed by atoms with van der Waals surface area (Å²) in [5.41, 5.74) is 4.24. The second-order valence-corrected chi connectivity index (χ2v) is 8.81. The van der Waals surface area contributed by atoms with Gasteiger partial charge in [0.25, 0.3) is 5.56 Å². The molecule has 0 fully saturated rings. The second kappa shape index (κ2) is 7.46. The SMILES string of the molecule is O=C1C[C@@H](c2ccccc2)Cc2[nH]c(=O)c(-c3nc(-c4ccc5c(c4)OCO5)cs3)cc21. The van der Waals surface area contributed by atoms with E-state index < -0.39 is 0 Å². The average Bonchev–Trinajstić information content (AvgIpc) is 3.48. The zero-order chi connectivity index (χ0) is 21.7. The minimum Gasteiger partial charge on any atom is -0.454 e. The van der Waals surface area contributed by atoms with E-state index in [0.29, 0.717) is 46.2 Å². The quantitative estimate of drug-likeness (QED) is 0.493. The van der Waals surface area contributed by atoms with Crippen LogP contribution >= 0.6 is 11.3 Å². The summed E-state index contributed by atoms with van der Waals surface area (Å²) >= 11 is 1.38. The van der Waals surface area contributed by atoms with Gasteiger partial charge in [0.05, 0.1) is 11.3 Å². The lowest BCUT2D eigenvalue weighted by molar-refractivity contribution is 0.0963. The maximum absolute atomic E-state index is 12.9. The number of ether oxygens (including phenoxy) is 2. The van der Waals surface area contributed by atoms with Crippen molar-refractivity contribution < 1.29 is 14.3 Å². The summed E-state index contributed by atoms with van der Waals surface area (Å²) in [6.07, 6.45) is 1.07. The molecular formula is C25H18N2O4S. The van der Waals surface area contributed by atoms with Crippen LogP contribution in [-0.4, -0.2) is 22.5 Å². The Bertz CT molecular complexity index is 1410. The Hall–Kier alpha value is -3.71. The van der Waals surface area contributed by atoms with Gasteiger partial charge < -0.3 is 14.5 Å². The number of aromatic nitrogens is 2. The first-order chi connectivity index (χ1) is 15.7. The Morgan fingerprint density at radius 3 is 2.66 bits per heavy atom. The number of hydrogen-bond donors (Lipinski definition) is 1. The maximum Gasteiger partial charge on any atom is 0.258 e. The lowest BCUT2D eigenvalue weighted by Crippen LogP contribution is -2.24. The summed E-state index contributed by atoms with van der Waals surface area (Å²) in [6.45, 7) is 0.213. The number of pyridine rings is 1. The Balaban J connectivity index is 1.34. The van der Waals surface area contributed by atoms with Crippen LogP contribution in [0.4, 0.5) is 0 Å². The van der Waals surface area contributed by atoms with Crippen LogP contribution in [0.3, 0.4) is 0 Å². The number of Topliss-reactive ketones (excluding diaryl/α,β-unsaturated/α-hetero) is 1. The number of thiazole rings is 1. The summed E-state index contributed by atoms with van der Waals surface area (Å²) < 4.78 is 10.8. The lowest BCUT2D eigenvalue weighted by Gasteiger charge is -2.24. The summed E-state index contributed by atoms with van der Waals surface area (Å²) in [4.78, 5) is 33.5. The van der Waals surface area contributed by atoms with E-state index in [2.05, 4.69) is 9.97 Å². The molecule has 3 heterocycles. The van der Waals surface area contributed by atoms with Gasteiger partial charge in [-0.3, -0.25) is 9.59 Å². The van der Waals surface area contributed by atoms with E-state index in [9.17, 15) is 9.59 Å². The molecule has 6 rings (SSSR count). The van der Waals surface area contributed by atoms with Crippen LogP contribution < -0.4 is 15.0 Å². The van der Waals surface area contributed by atoms with E-state index in [4.69, 9.17) is 9.47 Å².